The van der Waals surface area contributed by atoms with Crippen LogP contribution in [0.25, 0.3) is 32.8 Å². The molecule has 0 atom stereocenters. The molecule has 2 heterocycles. The topological polar surface area (TPSA) is 63.1 Å². The molecule has 4 nitrogen and oxygen atoms in total. The van der Waals surface area contributed by atoms with Crippen LogP contribution in [0, 0.1) is 24.8 Å². The average molecular weight is 714 g/mol. The molecule has 0 fully saturated rings. The summed E-state index contributed by atoms with van der Waals surface area (Å²) in [4.78, 5) is 20.7. The van der Waals surface area contributed by atoms with Gasteiger partial charge >= 0.3 is 0 Å². The summed E-state index contributed by atoms with van der Waals surface area (Å²) >= 11 is 0. The summed E-state index contributed by atoms with van der Waals surface area (Å²) in [7, 11) is 0. The van der Waals surface area contributed by atoms with Crippen LogP contribution in [0.2, 0.25) is 0 Å². The van der Waals surface area contributed by atoms with Gasteiger partial charge in [-0.05, 0) is 72.8 Å². The van der Waals surface area contributed by atoms with Gasteiger partial charge in [0.2, 0.25) is 0 Å². The number of rotatable bonds is 7. The molecule has 0 amide bonds. The zero-order valence-corrected chi connectivity index (χ0v) is 27.2. The Hall–Kier alpha value is -2.88. The number of allylic oxidation sites excluding steroid dienone is 2. The van der Waals surface area contributed by atoms with Crippen molar-refractivity contribution in [2.75, 3.05) is 0 Å². The number of carbonyl (C=O) groups is 1. The van der Waals surface area contributed by atoms with E-state index in [1.165, 1.54) is 33.5 Å². The molecular weight excluding hydrogens is 673 g/mol. The van der Waals surface area contributed by atoms with Crippen molar-refractivity contribution < 1.29 is 30.0 Å². The van der Waals surface area contributed by atoms with Crippen LogP contribution in [-0.2, 0) is 30.3 Å². The first-order chi connectivity index (χ1) is 18.7. The summed E-state index contributed by atoms with van der Waals surface area (Å²) in [6, 6.07) is 14.6. The largest absolute Gasteiger partial charge is 0.512 e. The number of pyridine rings is 2. The van der Waals surface area contributed by atoms with E-state index in [0.29, 0.717) is 0 Å². The molecule has 0 bridgehead atoms. The third-order valence-electron chi connectivity index (χ3n) is 8.35. The zero-order chi connectivity index (χ0) is 28.3. The Bertz CT molecular complexity index is 1530. The maximum absolute atomic E-state index is 11.7. The second-order valence-electron chi connectivity index (χ2n) is 11.2. The van der Waals surface area contributed by atoms with Crippen molar-refractivity contribution >= 4 is 27.3 Å². The molecule has 0 spiro atoms. The Labute approximate surface area is 252 Å². The van der Waals surface area contributed by atoms with Crippen molar-refractivity contribution in [2.24, 2.45) is 11.8 Å². The summed E-state index contributed by atoms with van der Waals surface area (Å²) < 4.78 is 0. The van der Waals surface area contributed by atoms with Gasteiger partial charge in [0.25, 0.3) is 0 Å². The predicted octanol–water partition coefficient (Wildman–Crippen LogP) is 9.07. The molecule has 40 heavy (non-hydrogen) atoms. The van der Waals surface area contributed by atoms with Gasteiger partial charge in [-0.2, -0.15) is 0 Å². The van der Waals surface area contributed by atoms with Gasteiger partial charge in [0.1, 0.15) is 0 Å². The van der Waals surface area contributed by atoms with E-state index in [1.54, 1.807) is 0 Å². The molecule has 0 aliphatic heterocycles. The molecule has 213 valence electrons. The van der Waals surface area contributed by atoms with Crippen LogP contribution in [0.5, 0.6) is 0 Å². The Morgan fingerprint density at radius 1 is 0.950 bits per heavy atom. The molecule has 2 aromatic carbocycles. The molecule has 1 N–H and O–H groups in total. The van der Waals surface area contributed by atoms with Crippen molar-refractivity contribution in [2.45, 2.75) is 79.6 Å². The van der Waals surface area contributed by atoms with Crippen LogP contribution in [0.3, 0.4) is 0 Å². The fraction of sp³-hybridized carbons (Fsp3) is 0.400. The smallest absolute Gasteiger partial charge is 0.162 e. The van der Waals surface area contributed by atoms with E-state index < -0.39 is 0 Å². The SMILES string of the molecule is CCC(CC)C(=O)/C=C(\O)C(CC)CC.Cc1cc2c3c(nccc3c1)-c1[c-]c3ccncc3cc1C2(C)C.[Ir]. The average Bonchev–Trinajstić information content (AvgIpc) is 2.92. The van der Waals surface area contributed by atoms with Crippen molar-refractivity contribution in [3.05, 3.63) is 83.5 Å². The number of benzene rings is 2. The first-order valence-electron chi connectivity index (χ1n) is 14.3. The number of hydrogen-bond donors (Lipinski definition) is 1. The molecule has 0 saturated heterocycles. The van der Waals surface area contributed by atoms with Gasteiger partial charge in [0.15, 0.2) is 5.78 Å². The van der Waals surface area contributed by atoms with Crippen LogP contribution in [0.1, 0.15) is 83.9 Å². The van der Waals surface area contributed by atoms with Crippen LogP contribution in [0.15, 0.2) is 60.8 Å². The normalized spacial score (nSPS) is 13.6. The fourth-order valence-electron chi connectivity index (χ4n) is 5.82. The number of carbonyl (C=O) groups excluding carboxylic acids is 1. The first-order valence-corrected chi connectivity index (χ1v) is 14.3. The molecule has 1 radical (unpaired) electrons. The van der Waals surface area contributed by atoms with Gasteiger partial charge in [-0.15, -0.1) is 23.6 Å². The first kappa shape index (κ1) is 31.6. The number of ketones is 1. The van der Waals surface area contributed by atoms with E-state index in [0.717, 1.165) is 47.7 Å². The molecule has 1 aliphatic rings. The Kier molecular flexibility index (Phi) is 10.4. The summed E-state index contributed by atoms with van der Waals surface area (Å²) in [5.41, 5.74) is 6.01. The third-order valence-corrected chi connectivity index (χ3v) is 8.35. The zero-order valence-electron chi connectivity index (χ0n) is 24.8. The van der Waals surface area contributed by atoms with Gasteiger partial charge in [-0.3, -0.25) is 14.8 Å². The molecule has 5 heteroatoms. The van der Waals surface area contributed by atoms with Crippen molar-refractivity contribution in [1.29, 1.82) is 0 Å². The van der Waals surface area contributed by atoms with E-state index in [2.05, 4.69) is 56.1 Å². The number of aryl methyl sites for hydroxylation is 1. The second kappa shape index (κ2) is 13.2. The summed E-state index contributed by atoms with van der Waals surface area (Å²) in [5.74, 6) is 0.547. The van der Waals surface area contributed by atoms with E-state index in [-0.39, 0.29) is 48.9 Å². The third kappa shape index (κ3) is 6.06. The van der Waals surface area contributed by atoms with Gasteiger partial charge < -0.3 is 5.11 Å². The van der Waals surface area contributed by atoms with Gasteiger partial charge in [-0.25, -0.2) is 0 Å². The number of aromatic nitrogens is 2. The molecule has 0 saturated carbocycles. The van der Waals surface area contributed by atoms with E-state index >= 15 is 0 Å². The van der Waals surface area contributed by atoms with E-state index in [9.17, 15) is 9.90 Å². The van der Waals surface area contributed by atoms with E-state index in [1.807, 2.05) is 52.4 Å². The number of hydrogen-bond acceptors (Lipinski definition) is 4. The number of aliphatic hydroxyl groups is 1. The second-order valence-corrected chi connectivity index (χ2v) is 11.2. The summed E-state index contributed by atoms with van der Waals surface area (Å²) in [5, 5.41) is 14.5. The van der Waals surface area contributed by atoms with Crippen molar-refractivity contribution in [1.82, 2.24) is 9.97 Å². The van der Waals surface area contributed by atoms with Gasteiger partial charge in [0.05, 0.1) is 5.76 Å². The van der Waals surface area contributed by atoms with Crippen LogP contribution >= 0.6 is 0 Å². The quantitative estimate of drug-likeness (QED) is 0.118. The van der Waals surface area contributed by atoms with Crippen molar-refractivity contribution in [3.8, 4) is 11.3 Å². The minimum Gasteiger partial charge on any atom is -0.512 e. The summed E-state index contributed by atoms with van der Waals surface area (Å²) in [6.07, 6.45) is 10.6. The molecule has 2 aromatic heterocycles. The fourth-order valence-corrected chi connectivity index (χ4v) is 5.82. The molecule has 5 rings (SSSR count). The van der Waals surface area contributed by atoms with Crippen LogP contribution < -0.4 is 0 Å². The monoisotopic (exact) mass is 714 g/mol. The molecule has 1 aliphatic carbocycles. The van der Waals surface area contributed by atoms with Crippen molar-refractivity contribution in [3.63, 3.8) is 0 Å². The molecular formula is C35H41IrN2O2-. The van der Waals surface area contributed by atoms with Crippen LogP contribution in [-0.4, -0.2) is 20.9 Å². The van der Waals surface area contributed by atoms with E-state index in [4.69, 9.17) is 4.98 Å². The van der Waals surface area contributed by atoms with Gasteiger partial charge in [0, 0.05) is 49.9 Å². The number of aliphatic hydroxyl groups excluding tert-OH is 1. The molecule has 4 aromatic rings. The summed E-state index contributed by atoms with van der Waals surface area (Å²) in [6.45, 7) is 14.8. The standard InChI is InChI=1S/C22H17N2.C13H24O2.Ir/c1-13-8-15-5-7-24-21-17-10-14-4-6-23-12-16(14)11-18(17)22(2,3)19(9-13)20(15)21;1-5-10(6-2)12(14)9-13(15)11(7-3)8-4;/h4-9,11-12H,1-3H3;9-11,14H,5-8H2,1-4H3;/q-1;;/b;12-9-;. The minimum absolute atomic E-state index is 0. The van der Waals surface area contributed by atoms with Crippen LogP contribution in [0.4, 0.5) is 0 Å². The number of nitrogens with zero attached hydrogens (tertiary/aromatic N) is 2. The Morgan fingerprint density at radius 3 is 2.27 bits per heavy atom. The Balaban J connectivity index is 0.000000243. The number of fused-ring (bicyclic) bond motifs is 3. The molecule has 0 unspecified atom stereocenters. The Morgan fingerprint density at radius 2 is 1.62 bits per heavy atom. The maximum atomic E-state index is 11.7. The predicted molar refractivity (Wildman–Crippen MR) is 162 cm³/mol. The maximum Gasteiger partial charge on any atom is 0.162 e. The van der Waals surface area contributed by atoms with Gasteiger partial charge in [-0.1, -0.05) is 75.8 Å². The minimum atomic E-state index is -0.0871.